The molecule has 1 N–H and O–H groups in total. The van der Waals surface area contributed by atoms with Gasteiger partial charge in [0.25, 0.3) is 5.91 Å². The molecule has 7 heteroatoms. The molecule has 1 atom stereocenters. The summed E-state index contributed by atoms with van der Waals surface area (Å²) in [6.45, 7) is 0. The van der Waals surface area contributed by atoms with Crippen molar-refractivity contribution < 1.29 is 4.79 Å². The van der Waals surface area contributed by atoms with Gasteiger partial charge in [0.2, 0.25) is 0 Å². The molecule has 0 spiro atoms. The number of fused-ring (bicyclic) bond motifs is 1. The van der Waals surface area contributed by atoms with E-state index in [9.17, 15) is 4.79 Å². The minimum absolute atomic E-state index is 0.0294. The summed E-state index contributed by atoms with van der Waals surface area (Å²) < 4.78 is 4.18. The molecule has 0 saturated heterocycles. The molecule has 2 aromatic rings. The zero-order valence-corrected chi connectivity index (χ0v) is 13.0. The molecule has 1 aliphatic rings. The summed E-state index contributed by atoms with van der Waals surface area (Å²) in [5.74, 6) is -0.112. The van der Waals surface area contributed by atoms with Gasteiger partial charge in [-0.25, -0.2) is 0 Å². The van der Waals surface area contributed by atoms with Crippen LogP contribution in [0.25, 0.3) is 0 Å². The second-order valence-corrected chi connectivity index (χ2v) is 5.91. The van der Waals surface area contributed by atoms with E-state index in [-0.39, 0.29) is 11.9 Å². The van der Waals surface area contributed by atoms with E-state index in [4.69, 9.17) is 0 Å². The highest BCUT2D eigenvalue weighted by molar-refractivity contribution is 9.10. The van der Waals surface area contributed by atoms with Crippen molar-refractivity contribution in [2.45, 2.75) is 25.3 Å². The maximum absolute atomic E-state index is 12.4. The lowest BCUT2D eigenvalue weighted by molar-refractivity contribution is 0.0922. The predicted octanol–water partition coefficient (Wildman–Crippen LogP) is 1.72. The van der Waals surface area contributed by atoms with Crippen molar-refractivity contribution >= 4 is 21.8 Å². The van der Waals surface area contributed by atoms with Crippen LogP contribution < -0.4 is 5.32 Å². The monoisotopic (exact) mass is 337 g/mol. The summed E-state index contributed by atoms with van der Waals surface area (Å²) in [4.78, 5) is 12.4. The number of carbonyl (C=O) groups is 1. The van der Waals surface area contributed by atoms with E-state index >= 15 is 0 Å². The lowest BCUT2D eigenvalue weighted by Crippen LogP contribution is -2.32. The van der Waals surface area contributed by atoms with Crippen LogP contribution in [0.5, 0.6) is 0 Å². The first-order valence-corrected chi connectivity index (χ1v) is 7.36. The number of carbonyl (C=O) groups excluding carboxylic acids is 1. The Labute approximate surface area is 125 Å². The van der Waals surface area contributed by atoms with Gasteiger partial charge in [-0.2, -0.15) is 10.2 Å². The fourth-order valence-corrected chi connectivity index (χ4v) is 3.28. The Hall–Kier alpha value is -1.63. The van der Waals surface area contributed by atoms with Crippen molar-refractivity contribution in [2.75, 3.05) is 0 Å². The number of hydrogen-bond acceptors (Lipinski definition) is 3. The highest BCUT2D eigenvalue weighted by Gasteiger charge is 2.26. The van der Waals surface area contributed by atoms with Crippen LogP contribution in [0, 0.1) is 0 Å². The first-order valence-electron chi connectivity index (χ1n) is 6.57. The number of hydrogen-bond donors (Lipinski definition) is 1. The third-order valence-corrected chi connectivity index (χ3v) is 4.37. The molecule has 0 radical (unpaired) electrons. The molecule has 0 aromatic carbocycles. The van der Waals surface area contributed by atoms with Gasteiger partial charge in [0.1, 0.15) is 5.69 Å². The summed E-state index contributed by atoms with van der Waals surface area (Å²) in [6, 6.07) is 0.0294. The summed E-state index contributed by atoms with van der Waals surface area (Å²) in [6.07, 6.45) is 6.51. The van der Waals surface area contributed by atoms with Crippen LogP contribution in [0.15, 0.2) is 16.9 Å². The Morgan fingerprint density at radius 3 is 2.80 bits per heavy atom. The van der Waals surface area contributed by atoms with E-state index in [0.717, 1.165) is 24.8 Å². The summed E-state index contributed by atoms with van der Waals surface area (Å²) >= 11 is 3.36. The summed E-state index contributed by atoms with van der Waals surface area (Å²) in [5.41, 5.74) is 2.89. The molecule has 0 saturated carbocycles. The zero-order chi connectivity index (χ0) is 14.3. The summed E-state index contributed by atoms with van der Waals surface area (Å²) in [7, 11) is 3.71. The molecule has 2 heterocycles. The van der Waals surface area contributed by atoms with E-state index < -0.39 is 0 Å². The van der Waals surface area contributed by atoms with Gasteiger partial charge in [-0.05, 0) is 35.2 Å². The van der Waals surface area contributed by atoms with Crippen molar-refractivity contribution in [3.05, 3.63) is 33.8 Å². The Kier molecular flexibility index (Phi) is 3.37. The Morgan fingerprint density at radius 1 is 1.35 bits per heavy atom. The van der Waals surface area contributed by atoms with Crippen LogP contribution in [0.1, 0.15) is 40.6 Å². The minimum atomic E-state index is -0.112. The van der Waals surface area contributed by atoms with Crippen LogP contribution in [-0.4, -0.2) is 25.5 Å². The SMILES string of the molecule is Cn1ncc2c1CCC[C@H]2NC(=O)c1c(Br)cnn1C. The van der Waals surface area contributed by atoms with Gasteiger partial charge in [0.05, 0.1) is 22.9 Å². The highest BCUT2D eigenvalue weighted by atomic mass is 79.9. The lowest BCUT2D eigenvalue weighted by Gasteiger charge is -2.23. The van der Waals surface area contributed by atoms with E-state index in [2.05, 4.69) is 31.4 Å². The fourth-order valence-electron chi connectivity index (χ4n) is 2.75. The molecule has 6 nitrogen and oxygen atoms in total. The lowest BCUT2D eigenvalue weighted by atomic mass is 9.93. The molecule has 0 fully saturated rings. The topological polar surface area (TPSA) is 64.7 Å². The summed E-state index contributed by atoms with van der Waals surface area (Å²) in [5, 5.41) is 11.5. The van der Waals surface area contributed by atoms with Crippen LogP contribution >= 0.6 is 15.9 Å². The highest BCUT2D eigenvalue weighted by Crippen LogP contribution is 2.29. The average molecular weight is 338 g/mol. The molecule has 0 bridgehead atoms. The van der Waals surface area contributed by atoms with Gasteiger partial charge in [0.15, 0.2) is 0 Å². The largest absolute Gasteiger partial charge is 0.344 e. The molecule has 0 unspecified atom stereocenters. The number of nitrogens with one attached hydrogen (secondary N) is 1. The standard InChI is InChI=1S/C13H16BrN5O/c1-18-11-5-3-4-10(8(11)6-15-18)17-13(20)12-9(14)7-16-19(12)2/h6-7,10H,3-5H2,1-2H3,(H,17,20)/t10-/m1/s1. The molecule has 0 aliphatic heterocycles. The van der Waals surface area contributed by atoms with Crippen LogP contribution in [-0.2, 0) is 20.5 Å². The van der Waals surface area contributed by atoms with Gasteiger partial charge in [-0.1, -0.05) is 0 Å². The third-order valence-electron chi connectivity index (χ3n) is 3.79. The van der Waals surface area contributed by atoms with E-state index in [1.165, 1.54) is 5.69 Å². The molecule has 106 valence electrons. The van der Waals surface area contributed by atoms with Gasteiger partial charge < -0.3 is 5.32 Å². The van der Waals surface area contributed by atoms with Crippen LogP contribution in [0.4, 0.5) is 0 Å². The first kappa shape index (κ1) is 13.4. The smallest absolute Gasteiger partial charge is 0.271 e. The zero-order valence-electron chi connectivity index (χ0n) is 11.4. The predicted molar refractivity (Wildman–Crippen MR) is 77.3 cm³/mol. The van der Waals surface area contributed by atoms with Gasteiger partial charge in [-0.15, -0.1) is 0 Å². The Bertz CT molecular complexity index is 640. The molecule has 1 amide bonds. The van der Waals surface area contributed by atoms with Crippen molar-refractivity contribution in [2.24, 2.45) is 14.1 Å². The maximum atomic E-state index is 12.4. The van der Waals surface area contributed by atoms with E-state index in [1.807, 2.05) is 17.9 Å². The Balaban J connectivity index is 1.84. The number of amides is 1. The molecule has 1 aliphatic carbocycles. The second-order valence-electron chi connectivity index (χ2n) is 5.05. The Morgan fingerprint density at radius 2 is 2.10 bits per heavy atom. The van der Waals surface area contributed by atoms with Crippen molar-refractivity contribution in [3.8, 4) is 0 Å². The van der Waals surface area contributed by atoms with Gasteiger partial charge in [-0.3, -0.25) is 14.2 Å². The number of aryl methyl sites for hydroxylation is 2. The molecule has 20 heavy (non-hydrogen) atoms. The van der Waals surface area contributed by atoms with Crippen molar-refractivity contribution in [1.29, 1.82) is 0 Å². The third kappa shape index (κ3) is 2.15. The van der Waals surface area contributed by atoms with Crippen LogP contribution in [0.2, 0.25) is 0 Å². The number of nitrogens with zero attached hydrogens (tertiary/aromatic N) is 4. The van der Waals surface area contributed by atoms with Gasteiger partial charge in [0, 0.05) is 25.4 Å². The minimum Gasteiger partial charge on any atom is -0.344 e. The molecular formula is C13H16BrN5O. The maximum Gasteiger partial charge on any atom is 0.271 e. The van der Waals surface area contributed by atoms with Crippen molar-refractivity contribution in [3.63, 3.8) is 0 Å². The number of rotatable bonds is 2. The molecule has 2 aromatic heterocycles. The van der Waals surface area contributed by atoms with Crippen LogP contribution in [0.3, 0.4) is 0 Å². The fraction of sp³-hybridized carbons (Fsp3) is 0.462. The number of aromatic nitrogens is 4. The van der Waals surface area contributed by atoms with Gasteiger partial charge >= 0.3 is 0 Å². The quantitative estimate of drug-likeness (QED) is 0.907. The molecule has 3 rings (SSSR count). The average Bonchev–Trinajstić information content (AvgIpc) is 2.95. The van der Waals surface area contributed by atoms with Crippen molar-refractivity contribution in [1.82, 2.24) is 24.9 Å². The second kappa shape index (κ2) is 5.05. The normalized spacial score (nSPS) is 17.9. The molecular weight excluding hydrogens is 322 g/mol. The number of halogens is 1. The van der Waals surface area contributed by atoms with E-state index in [1.54, 1.807) is 17.9 Å². The van der Waals surface area contributed by atoms with E-state index in [0.29, 0.717) is 10.2 Å². The first-order chi connectivity index (χ1) is 9.58.